The maximum Gasteiger partial charge on any atom is 0.330 e. The van der Waals surface area contributed by atoms with Gasteiger partial charge in [-0.3, -0.25) is 19.0 Å². The van der Waals surface area contributed by atoms with Gasteiger partial charge in [-0.2, -0.15) is 0 Å². The minimum Gasteiger partial charge on any atom is -0.326 e. The molecule has 0 bridgehead atoms. The largest absolute Gasteiger partial charge is 0.330 e. The van der Waals surface area contributed by atoms with E-state index < -0.39 is 17.2 Å². The summed E-state index contributed by atoms with van der Waals surface area (Å²) < 4.78 is 2.05. The molecule has 2 rings (SSSR count). The summed E-state index contributed by atoms with van der Waals surface area (Å²) in [5.74, 6) is -0.848. The van der Waals surface area contributed by atoms with Crippen molar-refractivity contribution in [3.63, 3.8) is 0 Å². The molecule has 25 heavy (non-hydrogen) atoms. The highest BCUT2D eigenvalue weighted by Gasteiger charge is 2.16. The van der Waals surface area contributed by atoms with Gasteiger partial charge in [0, 0.05) is 38.6 Å². The Morgan fingerprint density at radius 3 is 2.40 bits per heavy atom. The van der Waals surface area contributed by atoms with E-state index in [1.165, 1.54) is 31.8 Å². The van der Waals surface area contributed by atoms with Crippen LogP contribution in [-0.4, -0.2) is 20.9 Å². The van der Waals surface area contributed by atoms with Crippen molar-refractivity contribution in [3.8, 4) is 0 Å². The molecule has 1 heterocycles. The number of anilines is 2. The van der Waals surface area contributed by atoms with E-state index in [1.54, 1.807) is 18.2 Å². The van der Waals surface area contributed by atoms with Crippen LogP contribution in [0, 0.1) is 0 Å². The third-order valence-electron chi connectivity index (χ3n) is 3.75. The standard InChI is InChI=1S/C17H20N4O4/c1-5-11-6-7-12(18-10(2)22)8-14(11)19-15(23)13-9-20(3)17(25)21(4)16(13)24/h6-9H,5H2,1-4H3,(H,18,22)(H,19,23). The molecule has 2 amide bonds. The number of benzene rings is 1. The third-order valence-corrected chi connectivity index (χ3v) is 3.75. The number of nitrogens with one attached hydrogen (secondary N) is 2. The second kappa shape index (κ2) is 7.16. The first-order valence-electron chi connectivity index (χ1n) is 7.73. The highest BCUT2D eigenvalue weighted by molar-refractivity contribution is 6.04. The van der Waals surface area contributed by atoms with Crippen molar-refractivity contribution in [3.05, 3.63) is 56.4 Å². The number of carbonyl (C=O) groups is 2. The molecule has 132 valence electrons. The van der Waals surface area contributed by atoms with Crippen molar-refractivity contribution >= 4 is 23.2 Å². The lowest BCUT2D eigenvalue weighted by atomic mass is 10.1. The molecule has 1 aromatic heterocycles. The molecule has 0 atom stereocenters. The molecule has 1 aromatic carbocycles. The van der Waals surface area contributed by atoms with Crippen LogP contribution in [0.25, 0.3) is 0 Å². The molecular weight excluding hydrogens is 324 g/mol. The van der Waals surface area contributed by atoms with Gasteiger partial charge in [0.1, 0.15) is 5.56 Å². The highest BCUT2D eigenvalue weighted by atomic mass is 16.2. The number of aryl methyl sites for hydroxylation is 2. The fourth-order valence-corrected chi connectivity index (χ4v) is 2.44. The first-order chi connectivity index (χ1) is 11.7. The number of hydrogen-bond donors (Lipinski definition) is 2. The summed E-state index contributed by atoms with van der Waals surface area (Å²) in [5, 5.41) is 5.33. The van der Waals surface area contributed by atoms with E-state index in [-0.39, 0.29) is 11.5 Å². The van der Waals surface area contributed by atoms with Crippen molar-refractivity contribution in [2.24, 2.45) is 14.1 Å². The summed E-state index contributed by atoms with van der Waals surface area (Å²) in [6, 6.07) is 5.16. The van der Waals surface area contributed by atoms with E-state index in [4.69, 9.17) is 0 Å². The summed E-state index contributed by atoms with van der Waals surface area (Å²) in [6.07, 6.45) is 1.87. The predicted octanol–water partition coefficient (Wildman–Crippen LogP) is 0.857. The van der Waals surface area contributed by atoms with Gasteiger partial charge in [-0.05, 0) is 24.1 Å². The van der Waals surface area contributed by atoms with Crippen molar-refractivity contribution in [1.29, 1.82) is 0 Å². The Morgan fingerprint density at radius 2 is 1.80 bits per heavy atom. The summed E-state index contributed by atoms with van der Waals surface area (Å²) in [5.41, 5.74) is 0.559. The zero-order valence-electron chi connectivity index (χ0n) is 14.5. The minimum absolute atomic E-state index is 0.142. The fraction of sp³-hybridized carbons (Fsp3) is 0.294. The van der Waals surface area contributed by atoms with Gasteiger partial charge in [0.05, 0.1) is 0 Å². The lowest BCUT2D eigenvalue weighted by Gasteiger charge is -2.13. The van der Waals surface area contributed by atoms with Crippen LogP contribution in [0.4, 0.5) is 11.4 Å². The monoisotopic (exact) mass is 344 g/mol. The number of aromatic nitrogens is 2. The average Bonchev–Trinajstić information content (AvgIpc) is 2.56. The normalized spacial score (nSPS) is 10.4. The number of amides is 2. The Balaban J connectivity index is 2.42. The van der Waals surface area contributed by atoms with Crippen LogP contribution >= 0.6 is 0 Å². The van der Waals surface area contributed by atoms with E-state index in [0.717, 1.165) is 10.1 Å². The van der Waals surface area contributed by atoms with Crippen LogP contribution in [0.15, 0.2) is 34.0 Å². The van der Waals surface area contributed by atoms with Gasteiger partial charge in [-0.15, -0.1) is 0 Å². The third kappa shape index (κ3) is 3.85. The molecule has 0 radical (unpaired) electrons. The molecule has 0 fully saturated rings. The van der Waals surface area contributed by atoms with Gasteiger partial charge >= 0.3 is 5.69 Å². The molecule has 0 saturated carbocycles. The fourth-order valence-electron chi connectivity index (χ4n) is 2.44. The van der Waals surface area contributed by atoms with Gasteiger partial charge in [0.2, 0.25) is 5.91 Å². The highest BCUT2D eigenvalue weighted by Crippen LogP contribution is 2.22. The molecule has 8 nitrogen and oxygen atoms in total. The molecular formula is C17H20N4O4. The van der Waals surface area contributed by atoms with Gasteiger partial charge in [-0.1, -0.05) is 13.0 Å². The molecule has 0 spiro atoms. The Labute approximate surface area is 144 Å². The molecule has 0 unspecified atom stereocenters. The quantitative estimate of drug-likeness (QED) is 0.858. The number of rotatable bonds is 4. The second-order valence-corrected chi connectivity index (χ2v) is 5.66. The Hall–Kier alpha value is -3.16. The van der Waals surface area contributed by atoms with Crippen molar-refractivity contribution in [2.75, 3.05) is 10.6 Å². The van der Waals surface area contributed by atoms with Crippen molar-refractivity contribution in [2.45, 2.75) is 20.3 Å². The van der Waals surface area contributed by atoms with Crippen LogP contribution in [0.5, 0.6) is 0 Å². The van der Waals surface area contributed by atoms with E-state index in [9.17, 15) is 19.2 Å². The van der Waals surface area contributed by atoms with Crippen LogP contribution in [-0.2, 0) is 25.3 Å². The smallest absolute Gasteiger partial charge is 0.326 e. The molecule has 0 aliphatic heterocycles. The molecule has 0 saturated heterocycles. The summed E-state index contributed by atoms with van der Waals surface area (Å²) in [6.45, 7) is 3.31. The first kappa shape index (κ1) is 18.2. The average molecular weight is 344 g/mol. The zero-order chi connectivity index (χ0) is 18.7. The SMILES string of the molecule is CCc1ccc(NC(C)=O)cc1NC(=O)c1cn(C)c(=O)n(C)c1=O. The van der Waals surface area contributed by atoms with E-state index in [1.807, 2.05) is 6.92 Å². The first-order valence-corrected chi connectivity index (χ1v) is 7.73. The molecule has 2 aromatic rings. The Kier molecular flexibility index (Phi) is 5.21. The number of hydrogen-bond acceptors (Lipinski definition) is 4. The van der Waals surface area contributed by atoms with E-state index >= 15 is 0 Å². The van der Waals surface area contributed by atoms with Crippen LogP contribution in [0.3, 0.4) is 0 Å². The molecule has 8 heteroatoms. The summed E-state index contributed by atoms with van der Waals surface area (Å²) >= 11 is 0. The second-order valence-electron chi connectivity index (χ2n) is 5.66. The lowest BCUT2D eigenvalue weighted by molar-refractivity contribution is -0.114. The van der Waals surface area contributed by atoms with Gasteiger partial charge in [0.15, 0.2) is 0 Å². The summed E-state index contributed by atoms with van der Waals surface area (Å²) in [4.78, 5) is 47.6. The van der Waals surface area contributed by atoms with Crippen LogP contribution < -0.4 is 21.9 Å². The molecule has 0 aliphatic carbocycles. The minimum atomic E-state index is -0.670. The van der Waals surface area contributed by atoms with Crippen LogP contribution in [0.1, 0.15) is 29.8 Å². The van der Waals surface area contributed by atoms with Gasteiger partial charge < -0.3 is 15.2 Å². The van der Waals surface area contributed by atoms with Crippen molar-refractivity contribution < 1.29 is 9.59 Å². The number of carbonyl (C=O) groups excluding carboxylic acids is 2. The number of nitrogens with zero attached hydrogens (tertiary/aromatic N) is 2. The topological polar surface area (TPSA) is 102 Å². The Morgan fingerprint density at radius 1 is 1.12 bits per heavy atom. The van der Waals surface area contributed by atoms with Gasteiger partial charge in [-0.25, -0.2) is 4.79 Å². The van der Waals surface area contributed by atoms with E-state index in [0.29, 0.717) is 17.8 Å². The van der Waals surface area contributed by atoms with E-state index in [2.05, 4.69) is 10.6 Å². The predicted molar refractivity (Wildman–Crippen MR) is 95.0 cm³/mol. The molecule has 2 N–H and O–H groups in total. The van der Waals surface area contributed by atoms with Crippen molar-refractivity contribution in [1.82, 2.24) is 9.13 Å². The molecule has 0 aliphatic rings. The maximum atomic E-state index is 12.5. The maximum absolute atomic E-state index is 12.5. The zero-order valence-corrected chi connectivity index (χ0v) is 14.5. The lowest BCUT2D eigenvalue weighted by Crippen LogP contribution is -2.40. The van der Waals surface area contributed by atoms with Crippen LogP contribution in [0.2, 0.25) is 0 Å². The van der Waals surface area contributed by atoms with Gasteiger partial charge in [0.25, 0.3) is 11.5 Å². The Bertz CT molecular complexity index is 956. The summed E-state index contributed by atoms with van der Waals surface area (Å²) in [7, 11) is 2.78.